The molecule has 0 radical (unpaired) electrons. The van der Waals surface area contributed by atoms with E-state index in [1.54, 1.807) is 19.2 Å². The monoisotopic (exact) mass is 508 g/mol. The molecule has 0 saturated heterocycles. The van der Waals surface area contributed by atoms with E-state index in [0.717, 1.165) is 17.7 Å². The van der Waals surface area contributed by atoms with Crippen LogP contribution in [0.5, 0.6) is 11.5 Å². The molecule has 0 aliphatic rings. The number of benzene rings is 3. The molecule has 1 unspecified atom stereocenters. The number of carbonyl (C=O) groups is 1. The third-order valence-electron chi connectivity index (χ3n) is 4.94. The average molecular weight is 509 g/mol. The van der Waals surface area contributed by atoms with Crippen LogP contribution in [0.3, 0.4) is 0 Å². The molecule has 11 heteroatoms. The van der Waals surface area contributed by atoms with Gasteiger partial charge in [0.15, 0.2) is 6.61 Å². The van der Waals surface area contributed by atoms with Crippen molar-refractivity contribution in [2.24, 2.45) is 0 Å². The number of carbonyl (C=O) groups excluding carboxylic acids is 1. The van der Waals surface area contributed by atoms with E-state index >= 15 is 0 Å². The number of nitrogens with one attached hydrogen (secondary N) is 2. The lowest BCUT2D eigenvalue weighted by Gasteiger charge is -2.15. The second kappa shape index (κ2) is 10.7. The fourth-order valence-electron chi connectivity index (χ4n) is 3.10. The number of hydrogen-bond donors (Lipinski definition) is 2. The van der Waals surface area contributed by atoms with Gasteiger partial charge in [0.05, 0.1) is 23.6 Å². The maximum atomic E-state index is 12.9. The molecule has 1 amide bonds. The molecule has 0 aliphatic carbocycles. The molecule has 35 heavy (non-hydrogen) atoms. The maximum absolute atomic E-state index is 12.9. The third kappa shape index (κ3) is 7.12. The minimum Gasteiger partial charge on any atom is -0.497 e. The molecule has 0 fully saturated rings. The van der Waals surface area contributed by atoms with E-state index in [2.05, 4.69) is 10.0 Å². The molecule has 3 aromatic rings. The van der Waals surface area contributed by atoms with Crippen LogP contribution in [-0.4, -0.2) is 28.0 Å². The highest BCUT2D eigenvalue weighted by atomic mass is 32.2. The van der Waals surface area contributed by atoms with Gasteiger partial charge in [-0.15, -0.1) is 0 Å². The maximum Gasteiger partial charge on any atom is 0.416 e. The number of hydrogen-bond acceptors (Lipinski definition) is 5. The van der Waals surface area contributed by atoms with E-state index in [1.165, 1.54) is 30.3 Å². The van der Waals surface area contributed by atoms with Gasteiger partial charge >= 0.3 is 6.18 Å². The molecule has 7 nitrogen and oxygen atoms in total. The Morgan fingerprint density at radius 1 is 0.971 bits per heavy atom. The molecule has 0 heterocycles. The Hall–Kier alpha value is -3.73. The van der Waals surface area contributed by atoms with Crippen molar-refractivity contribution in [2.45, 2.75) is 24.0 Å². The Morgan fingerprint density at radius 2 is 1.60 bits per heavy atom. The number of sulfonamides is 1. The Bertz CT molecular complexity index is 1260. The van der Waals surface area contributed by atoms with Gasteiger partial charge < -0.3 is 14.8 Å². The summed E-state index contributed by atoms with van der Waals surface area (Å²) < 4.78 is 76.3. The summed E-state index contributed by atoms with van der Waals surface area (Å²) in [5.41, 5.74) is -0.314. The van der Waals surface area contributed by atoms with Crippen LogP contribution in [-0.2, 0) is 21.0 Å². The van der Waals surface area contributed by atoms with Crippen molar-refractivity contribution in [2.75, 3.05) is 18.4 Å². The number of amides is 1. The number of methoxy groups -OCH3 is 1. The number of halogens is 3. The van der Waals surface area contributed by atoms with Crippen molar-refractivity contribution < 1.29 is 35.9 Å². The van der Waals surface area contributed by atoms with Gasteiger partial charge in [0, 0.05) is 5.69 Å². The first-order chi connectivity index (χ1) is 16.5. The van der Waals surface area contributed by atoms with Crippen molar-refractivity contribution in [1.82, 2.24) is 5.32 Å². The molecule has 3 aromatic carbocycles. The van der Waals surface area contributed by atoms with Crippen LogP contribution >= 0.6 is 0 Å². The second-order valence-corrected chi connectivity index (χ2v) is 9.19. The molecule has 1 atom stereocenters. The first kappa shape index (κ1) is 25.9. The van der Waals surface area contributed by atoms with E-state index < -0.39 is 21.8 Å². The molecule has 2 N–H and O–H groups in total. The first-order valence-electron chi connectivity index (χ1n) is 10.3. The van der Waals surface area contributed by atoms with Gasteiger partial charge in [-0.25, -0.2) is 8.42 Å². The lowest BCUT2D eigenvalue weighted by molar-refractivity contribution is -0.137. The highest BCUT2D eigenvalue weighted by Crippen LogP contribution is 2.31. The summed E-state index contributed by atoms with van der Waals surface area (Å²) in [7, 11) is -2.57. The Morgan fingerprint density at radius 3 is 2.20 bits per heavy atom. The van der Waals surface area contributed by atoms with Crippen LogP contribution < -0.4 is 19.5 Å². The van der Waals surface area contributed by atoms with Crippen LogP contribution in [0.25, 0.3) is 0 Å². The van der Waals surface area contributed by atoms with Crippen LogP contribution in [0.15, 0.2) is 77.7 Å². The van der Waals surface area contributed by atoms with E-state index in [9.17, 15) is 26.4 Å². The van der Waals surface area contributed by atoms with Gasteiger partial charge in [-0.05, 0) is 67.1 Å². The molecule has 0 spiro atoms. The fourth-order valence-corrected chi connectivity index (χ4v) is 4.15. The van der Waals surface area contributed by atoms with Gasteiger partial charge in [0.1, 0.15) is 11.5 Å². The molecule has 0 saturated carbocycles. The predicted molar refractivity (Wildman–Crippen MR) is 124 cm³/mol. The number of alkyl halides is 3. The summed E-state index contributed by atoms with van der Waals surface area (Å²) in [4.78, 5) is 12.0. The van der Waals surface area contributed by atoms with Crippen molar-refractivity contribution >= 4 is 21.6 Å². The molecule has 0 bridgehead atoms. The Balaban J connectivity index is 1.56. The Kier molecular flexibility index (Phi) is 7.90. The van der Waals surface area contributed by atoms with E-state index in [1.807, 2.05) is 19.1 Å². The largest absolute Gasteiger partial charge is 0.497 e. The normalized spacial score (nSPS) is 12.5. The molecular weight excluding hydrogens is 485 g/mol. The summed E-state index contributed by atoms with van der Waals surface area (Å²) in [6.07, 6.45) is -4.60. The predicted octanol–water partition coefficient (Wildman–Crippen LogP) is 4.77. The van der Waals surface area contributed by atoms with Gasteiger partial charge in [-0.2, -0.15) is 13.2 Å². The number of ether oxygens (including phenoxy) is 2. The van der Waals surface area contributed by atoms with Gasteiger partial charge in [-0.1, -0.05) is 18.2 Å². The van der Waals surface area contributed by atoms with Crippen LogP contribution in [0, 0.1) is 0 Å². The third-order valence-corrected chi connectivity index (χ3v) is 6.34. The number of rotatable bonds is 9. The SMILES string of the molecule is COc1ccc(C(C)NC(=O)COc2ccc(S(=O)(=O)Nc3cccc(C(F)(F)F)c3)cc2)cc1. The summed E-state index contributed by atoms with van der Waals surface area (Å²) >= 11 is 0. The molecule has 0 aromatic heterocycles. The van der Waals surface area contributed by atoms with Crippen molar-refractivity contribution in [1.29, 1.82) is 0 Å². The zero-order valence-electron chi connectivity index (χ0n) is 18.8. The summed E-state index contributed by atoms with van der Waals surface area (Å²) in [5, 5.41) is 2.79. The first-order valence-corrected chi connectivity index (χ1v) is 11.8. The van der Waals surface area contributed by atoms with E-state index in [-0.39, 0.29) is 34.9 Å². The minimum atomic E-state index is -4.60. The summed E-state index contributed by atoms with van der Waals surface area (Å²) in [6, 6.07) is 16.0. The van der Waals surface area contributed by atoms with E-state index in [4.69, 9.17) is 9.47 Å². The topological polar surface area (TPSA) is 93.7 Å². The van der Waals surface area contributed by atoms with Crippen molar-refractivity contribution in [3.05, 3.63) is 83.9 Å². The van der Waals surface area contributed by atoms with Crippen LogP contribution in [0.2, 0.25) is 0 Å². The summed E-state index contributed by atoms with van der Waals surface area (Å²) in [6.45, 7) is 1.52. The van der Waals surface area contributed by atoms with Gasteiger partial charge in [-0.3, -0.25) is 9.52 Å². The van der Waals surface area contributed by atoms with E-state index in [0.29, 0.717) is 11.8 Å². The average Bonchev–Trinajstić information content (AvgIpc) is 2.82. The molecule has 0 aliphatic heterocycles. The van der Waals surface area contributed by atoms with Crippen molar-refractivity contribution in [3.63, 3.8) is 0 Å². The lowest BCUT2D eigenvalue weighted by Crippen LogP contribution is -2.31. The van der Waals surface area contributed by atoms with Gasteiger partial charge in [0.2, 0.25) is 0 Å². The zero-order valence-corrected chi connectivity index (χ0v) is 19.6. The molecule has 186 valence electrons. The lowest BCUT2D eigenvalue weighted by atomic mass is 10.1. The minimum absolute atomic E-state index is 0.181. The smallest absolute Gasteiger partial charge is 0.416 e. The molecule has 3 rings (SSSR count). The number of anilines is 1. The standard InChI is InChI=1S/C24H23F3N2O5S/c1-16(17-6-8-20(33-2)9-7-17)28-23(30)15-34-21-10-12-22(13-11-21)35(31,32)29-19-5-3-4-18(14-19)24(25,26)27/h3-14,16,29H,15H2,1-2H3,(H,28,30). The second-order valence-electron chi connectivity index (χ2n) is 7.51. The summed E-state index contributed by atoms with van der Waals surface area (Å²) in [5.74, 6) is 0.567. The fraction of sp³-hybridized carbons (Fsp3) is 0.208. The quantitative estimate of drug-likeness (QED) is 0.434. The van der Waals surface area contributed by atoms with Crippen LogP contribution in [0.4, 0.5) is 18.9 Å². The highest BCUT2D eigenvalue weighted by molar-refractivity contribution is 7.92. The highest BCUT2D eigenvalue weighted by Gasteiger charge is 2.30. The molecular formula is C24H23F3N2O5S. The van der Waals surface area contributed by atoms with Crippen molar-refractivity contribution in [3.8, 4) is 11.5 Å². The zero-order chi connectivity index (χ0) is 25.6. The Labute approximate surface area is 200 Å². The van der Waals surface area contributed by atoms with Gasteiger partial charge in [0.25, 0.3) is 15.9 Å². The van der Waals surface area contributed by atoms with Crippen LogP contribution in [0.1, 0.15) is 24.1 Å².